The van der Waals surface area contributed by atoms with Crippen LogP contribution in [0.4, 0.5) is 5.69 Å². The normalized spacial score (nSPS) is 17.3. The van der Waals surface area contributed by atoms with Gasteiger partial charge in [0.25, 0.3) is 11.8 Å². The summed E-state index contributed by atoms with van der Waals surface area (Å²) >= 11 is 0. The Hall–Kier alpha value is -4.43. The minimum absolute atomic E-state index is 0.00814. The van der Waals surface area contributed by atoms with Crippen molar-refractivity contribution in [2.45, 2.75) is 0 Å². The van der Waals surface area contributed by atoms with Gasteiger partial charge in [-0.15, -0.1) is 0 Å². The zero-order chi connectivity index (χ0) is 25.9. The number of phenolic OH excluding ortho intramolecular Hbond substituents is 1. The number of benzene rings is 3. The number of amidine groups is 1. The van der Waals surface area contributed by atoms with Gasteiger partial charge in [-0.1, -0.05) is 36.4 Å². The molecule has 1 saturated heterocycles. The number of aliphatic imine (C=N–C) groups is 1. The van der Waals surface area contributed by atoms with Crippen molar-refractivity contribution in [2.75, 3.05) is 45.2 Å². The SMILES string of the molecule is COc1cc(/C=C2/N=C(c3ccccc3)N(c3ccc(C(=O)N4CCN(C)CC4)cc3)C2=O)ccc1O. The first-order valence-corrected chi connectivity index (χ1v) is 12.1. The number of ether oxygens (including phenoxy) is 1. The van der Waals surface area contributed by atoms with Crippen LogP contribution in [-0.4, -0.2) is 72.9 Å². The van der Waals surface area contributed by atoms with Crippen molar-refractivity contribution in [1.82, 2.24) is 9.80 Å². The van der Waals surface area contributed by atoms with Crippen LogP contribution < -0.4 is 9.64 Å². The number of hydrogen-bond acceptors (Lipinski definition) is 6. The molecule has 0 saturated carbocycles. The molecule has 1 fully saturated rings. The Bertz CT molecular complexity index is 1370. The van der Waals surface area contributed by atoms with Crippen LogP contribution in [0.1, 0.15) is 21.5 Å². The van der Waals surface area contributed by atoms with Gasteiger partial charge >= 0.3 is 0 Å². The highest BCUT2D eigenvalue weighted by molar-refractivity contribution is 6.33. The van der Waals surface area contributed by atoms with E-state index in [2.05, 4.69) is 16.9 Å². The van der Waals surface area contributed by atoms with Gasteiger partial charge in [0.2, 0.25) is 0 Å². The van der Waals surface area contributed by atoms with Crippen molar-refractivity contribution in [3.63, 3.8) is 0 Å². The van der Waals surface area contributed by atoms with Crippen LogP contribution in [0.5, 0.6) is 11.5 Å². The van der Waals surface area contributed by atoms with Gasteiger partial charge < -0.3 is 19.6 Å². The summed E-state index contributed by atoms with van der Waals surface area (Å²) in [5.74, 6) is 0.532. The predicted molar refractivity (Wildman–Crippen MR) is 143 cm³/mol. The summed E-state index contributed by atoms with van der Waals surface area (Å²) in [7, 11) is 3.52. The van der Waals surface area contributed by atoms with Crippen molar-refractivity contribution in [3.05, 3.63) is 95.2 Å². The monoisotopic (exact) mass is 496 g/mol. The Balaban J connectivity index is 1.46. The number of anilines is 1. The first-order valence-electron chi connectivity index (χ1n) is 12.1. The molecule has 188 valence electrons. The van der Waals surface area contributed by atoms with Crippen molar-refractivity contribution >= 4 is 29.4 Å². The fourth-order valence-electron chi connectivity index (χ4n) is 4.42. The molecule has 1 N–H and O–H groups in total. The molecule has 5 rings (SSSR count). The smallest absolute Gasteiger partial charge is 0.282 e. The largest absolute Gasteiger partial charge is 0.504 e. The molecule has 8 heteroatoms. The summed E-state index contributed by atoms with van der Waals surface area (Å²) in [5.41, 5.74) is 2.92. The molecule has 3 aromatic carbocycles. The maximum absolute atomic E-state index is 13.6. The highest BCUT2D eigenvalue weighted by Crippen LogP contribution is 2.31. The average molecular weight is 497 g/mol. The highest BCUT2D eigenvalue weighted by Gasteiger charge is 2.32. The Morgan fingerprint density at radius 3 is 2.35 bits per heavy atom. The van der Waals surface area contributed by atoms with Crippen molar-refractivity contribution < 1.29 is 19.4 Å². The third-order valence-electron chi connectivity index (χ3n) is 6.56. The Kier molecular flexibility index (Phi) is 6.74. The molecule has 0 atom stereocenters. The molecular formula is C29H28N4O4. The lowest BCUT2D eigenvalue weighted by Crippen LogP contribution is -2.47. The number of carbonyl (C=O) groups excluding carboxylic acids is 2. The van der Waals surface area contributed by atoms with E-state index in [4.69, 9.17) is 4.74 Å². The first-order chi connectivity index (χ1) is 17.9. The molecule has 37 heavy (non-hydrogen) atoms. The predicted octanol–water partition coefficient (Wildman–Crippen LogP) is 3.62. The fraction of sp³-hybridized carbons (Fsp3) is 0.207. The van der Waals surface area contributed by atoms with Gasteiger partial charge in [-0.3, -0.25) is 14.5 Å². The van der Waals surface area contributed by atoms with Crippen LogP contribution in [0.2, 0.25) is 0 Å². The van der Waals surface area contributed by atoms with Crippen LogP contribution >= 0.6 is 0 Å². The molecule has 8 nitrogen and oxygen atoms in total. The molecule has 0 aliphatic carbocycles. The second-order valence-electron chi connectivity index (χ2n) is 9.05. The van der Waals surface area contributed by atoms with Gasteiger partial charge in [0.15, 0.2) is 11.5 Å². The second kappa shape index (κ2) is 10.3. The average Bonchev–Trinajstić information content (AvgIpc) is 3.26. The summed E-state index contributed by atoms with van der Waals surface area (Å²) in [6.07, 6.45) is 1.67. The van der Waals surface area contributed by atoms with Gasteiger partial charge in [-0.25, -0.2) is 4.99 Å². The Morgan fingerprint density at radius 2 is 1.68 bits per heavy atom. The summed E-state index contributed by atoms with van der Waals surface area (Å²) in [5, 5.41) is 9.91. The third-order valence-corrected chi connectivity index (χ3v) is 6.56. The number of rotatable bonds is 5. The van der Waals surface area contributed by atoms with Gasteiger partial charge in [0, 0.05) is 37.3 Å². The van der Waals surface area contributed by atoms with Crippen molar-refractivity contribution in [3.8, 4) is 11.5 Å². The summed E-state index contributed by atoms with van der Waals surface area (Å²) in [6.45, 7) is 3.10. The first kappa shape index (κ1) is 24.3. The molecule has 2 aliphatic rings. The van der Waals surface area contributed by atoms with Crippen LogP contribution in [-0.2, 0) is 4.79 Å². The molecule has 0 unspecified atom stereocenters. The summed E-state index contributed by atoms with van der Waals surface area (Å²) in [6, 6.07) is 21.4. The topological polar surface area (TPSA) is 85.7 Å². The standard InChI is InChI=1S/C29H28N4O4/c1-31-14-16-32(17-15-31)28(35)22-9-11-23(12-10-22)33-27(21-6-4-3-5-7-21)30-24(29(33)36)18-20-8-13-25(34)26(19-20)37-2/h3-13,18-19,34H,14-17H2,1-2H3/b24-18+. The van der Waals surface area contributed by atoms with Gasteiger partial charge in [0.1, 0.15) is 11.5 Å². The quantitative estimate of drug-likeness (QED) is 0.546. The van der Waals surface area contributed by atoms with Crippen LogP contribution in [0.15, 0.2) is 83.5 Å². The van der Waals surface area contributed by atoms with E-state index in [9.17, 15) is 14.7 Å². The Morgan fingerprint density at radius 1 is 0.973 bits per heavy atom. The number of likely N-dealkylation sites (N-methyl/N-ethyl adjacent to an activating group) is 1. The van der Waals surface area contributed by atoms with Gasteiger partial charge in [0.05, 0.1) is 12.8 Å². The molecule has 2 heterocycles. The van der Waals surface area contributed by atoms with E-state index in [0.29, 0.717) is 41.5 Å². The molecule has 0 radical (unpaired) electrons. The fourth-order valence-corrected chi connectivity index (χ4v) is 4.42. The molecule has 0 spiro atoms. The lowest BCUT2D eigenvalue weighted by atomic mass is 10.1. The van der Waals surface area contributed by atoms with Gasteiger partial charge in [-0.2, -0.15) is 0 Å². The lowest BCUT2D eigenvalue weighted by Gasteiger charge is -2.32. The van der Waals surface area contributed by atoms with Crippen LogP contribution in [0.3, 0.4) is 0 Å². The number of phenols is 1. The van der Waals surface area contributed by atoms with Crippen LogP contribution in [0.25, 0.3) is 6.08 Å². The summed E-state index contributed by atoms with van der Waals surface area (Å²) in [4.78, 5) is 36.9. The van der Waals surface area contributed by atoms with Crippen LogP contribution in [0, 0.1) is 0 Å². The van der Waals surface area contributed by atoms with Crippen molar-refractivity contribution in [2.24, 2.45) is 4.99 Å². The van der Waals surface area contributed by atoms with E-state index in [-0.39, 0.29) is 23.3 Å². The number of carbonyl (C=O) groups is 2. The number of amides is 2. The lowest BCUT2D eigenvalue weighted by molar-refractivity contribution is -0.113. The maximum Gasteiger partial charge on any atom is 0.282 e. The number of aromatic hydroxyl groups is 1. The van der Waals surface area contributed by atoms with Gasteiger partial charge in [-0.05, 0) is 55.1 Å². The molecule has 2 aliphatic heterocycles. The molecule has 3 aromatic rings. The number of hydrogen-bond donors (Lipinski definition) is 1. The second-order valence-corrected chi connectivity index (χ2v) is 9.05. The van der Waals surface area contributed by atoms with E-state index in [1.165, 1.54) is 13.2 Å². The molecular weight excluding hydrogens is 468 g/mol. The van der Waals surface area contributed by atoms with E-state index in [1.54, 1.807) is 47.4 Å². The van der Waals surface area contributed by atoms with E-state index < -0.39 is 0 Å². The number of methoxy groups -OCH3 is 1. The molecule has 2 amide bonds. The summed E-state index contributed by atoms with van der Waals surface area (Å²) < 4.78 is 5.19. The highest BCUT2D eigenvalue weighted by atomic mass is 16.5. The molecule has 0 aromatic heterocycles. The number of nitrogens with zero attached hydrogens (tertiary/aromatic N) is 4. The zero-order valence-electron chi connectivity index (χ0n) is 20.8. The van der Waals surface area contributed by atoms with E-state index >= 15 is 0 Å². The zero-order valence-corrected chi connectivity index (χ0v) is 20.8. The van der Waals surface area contributed by atoms with E-state index in [1.807, 2.05) is 35.2 Å². The minimum atomic E-state index is -0.288. The molecule has 0 bridgehead atoms. The Labute approximate surface area is 215 Å². The van der Waals surface area contributed by atoms with E-state index in [0.717, 1.165) is 18.7 Å². The third kappa shape index (κ3) is 4.96. The number of piperazine rings is 1. The maximum atomic E-state index is 13.6. The van der Waals surface area contributed by atoms with Crippen molar-refractivity contribution in [1.29, 1.82) is 0 Å². The minimum Gasteiger partial charge on any atom is -0.504 e.